The Labute approximate surface area is 155 Å². The van der Waals surface area contributed by atoms with Crippen LogP contribution in [0.15, 0.2) is 24.3 Å². The Morgan fingerprint density at radius 2 is 1.04 bits per heavy atom. The van der Waals surface area contributed by atoms with Crippen LogP contribution in [0.5, 0.6) is 0 Å². The molecule has 1 aromatic carbocycles. The smallest absolute Gasteiger partial charge is 0.0114 e. The predicted octanol–water partition coefficient (Wildman–Crippen LogP) is 7.82. The third-order valence-electron chi connectivity index (χ3n) is 7.41. The van der Waals surface area contributed by atoms with E-state index >= 15 is 0 Å². The van der Waals surface area contributed by atoms with Crippen molar-refractivity contribution in [3.63, 3.8) is 0 Å². The van der Waals surface area contributed by atoms with Gasteiger partial charge in [-0.2, -0.15) is 0 Å². The van der Waals surface area contributed by atoms with Gasteiger partial charge >= 0.3 is 0 Å². The Morgan fingerprint density at radius 1 is 0.560 bits per heavy atom. The molecule has 0 N–H and O–H groups in total. The summed E-state index contributed by atoms with van der Waals surface area (Å²) in [5, 5.41) is 0. The summed E-state index contributed by atoms with van der Waals surface area (Å²) < 4.78 is 0. The summed E-state index contributed by atoms with van der Waals surface area (Å²) in [6.45, 7) is 0. The van der Waals surface area contributed by atoms with E-state index in [0.29, 0.717) is 0 Å². The first kappa shape index (κ1) is 17.6. The lowest BCUT2D eigenvalue weighted by Crippen LogP contribution is -2.28. The van der Waals surface area contributed by atoms with Gasteiger partial charge in [0.15, 0.2) is 0 Å². The first-order valence-corrected chi connectivity index (χ1v) is 11.4. The average Bonchev–Trinajstić information content (AvgIpc) is 2.71. The molecule has 3 aliphatic carbocycles. The van der Waals surface area contributed by atoms with Crippen LogP contribution in [0.2, 0.25) is 0 Å². The summed E-state index contributed by atoms with van der Waals surface area (Å²) in [5.74, 6) is 4.54. The maximum atomic E-state index is 2.52. The molecule has 0 spiro atoms. The van der Waals surface area contributed by atoms with Crippen molar-refractivity contribution < 1.29 is 0 Å². The molecule has 0 heterocycles. The fourth-order valence-corrected chi connectivity index (χ4v) is 6.13. The maximum Gasteiger partial charge on any atom is 0.0114 e. The van der Waals surface area contributed by atoms with E-state index in [1.807, 2.05) is 5.92 Å². The molecule has 0 heteroatoms. The van der Waals surface area contributed by atoms with Gasteiger partial charge in [-0.05, 0) is 67.4 Å². The van der Waals surface area contributed by atoms with Crippen LogP contribution in [-0.4, -0.2) is 0 Å². The predicted molar refractivity (Wildman–Crippen MR) is 108 cm³/mol. The van der Waals surface area contributed by atoms with Gasteiger partial charge < -0.3 is 0 Å². The van der Waals surface area contributed by atoms with Crippen molar-refractivity contribution in [1.82, 2.24) is 0 Å². The number of hydrogen-bond acceptors (Lipinski definition) is 0. The maximum absolute atomic E-state index is 2.52. The molecular formula is C25H37. The molecule has 4 rings (SSSR count). The zero-order valence-electron chi connectivity index (χ0n) is 16.1. The minimum Gasteiger partial charge on any atom is -0.0620 e. The van der Waals surface area contributed by atoms with E-state index in [-0.39, 0.29) is 0 Å². The largest absolute Gasteiger partial charge is 0.0620 e. The molecule has 0 amide bonds. The monoisotopic (exact) mass is 337 g/mol. The van der Waals surface area contributed by atoms with Crippen LogP contribution in [0.3, 0.4) is 0 Å². The molecule has 3 aliphatic rings. The Bertz CT molecular complexity index is 495. The molecule has 0 aromatic heterocycles. The first-order valence-electron chi connectivity index (χ1n) is 11.4. The topological polar surface area (TPSA) is 0 Å². The van der Waals surface area contributed by atoms with Crippen molar-refractivity contribution in [2.24, 2.45) is 11.8 Å². The van der Waals surface area contributed by atoms with Gasteiger partial charge in [0.25, 0.3) is 0 Å². The Hall–Kier alpha value is -0.780. The normalized spacial score (nSPS) is 24.7. The van der Waals surface area contributed by atoms with Crippen molar-refractivity contribution in [3.05, 3.63) is 41.3 Å². The van der Waals surface area contributed by atoms with Crippen molar-refractivity contribution in [2.75, 3.05) is 0 Å². The summed E-state index contributed by atoms with van der Waals surface area (Å²) in [4.78, 5) is 0. The molecule has 0 aliphatic heterocycles. The zero-order valence-corrected chi connectivity index (χ0v) is 16.1. The quantitative estimate of drug-likeness (QED) is 0.525. The van der Waals surface area contributed by atoms with Crippen molar-refractivity contribution in [2.45, 2.75) is 102 Å². The molecular weight excluding hydrogens is 300 g/mol. The molecule has 3 fully saturated rings. The highest BCUT2D eigenvalue weighted by Crippen LogP contribution is 2.48. The zero-order chi connectivity index (χ0) is 16.9. The summed E-state index contributed by atoms with van der Waals surface area (Å²) in [5.41, 5.74) is 3.45. The lowest BCUT2D eigenvalue weighted by Gasteiger charge is -2.39. The minimum atomic E-state index is 0.840. The van der Waals surface area contributed by atoms with Gasteiger partial charge in [-0.3, -0.25) is 0 Å². The van der Waals surface area contributed by atoms with Crippen LogP contribution in [0.25, 0.3) is 0 Å². The fraction of sp³-hybridized carbons (Fsp3) is 0.720. The summed E-state index contributed by atoms with van der Waals surface area (Å²) >= 11 is 0. The third-order valence-corrected chi connectivity index (χ3v) is 7.41. The number of rotatable bonds is 4. The Kier molecular flexibility index (Phi) is 6.16. The highest BCUT2D eigenvalue weighted by atomic mass is 14.4. The van der Waals surface area contributed by atoms with Gasteiger partial charge in [0.1, 0.15) is 0 Å². The highest BCUT2D eigenvalue weighted by molar-refractivity contribution is 5.43. The highest BCUT2D eigenvalue weighted by Gasteiger charge is 2.35. The molecule has 0 nitrogen and oxygen atoms in total. The van der Waals surface area contributed by atoms with Crippen LogP contribution in [0.1, 0.15) is 113 Å². The van der Waals surface area contributed by atoms with Crippen LogP contribution in [-0.2, 0) is 0 Å². The first-order chi connectivity index (χ1) is 12.4. The van der Waals surface area contributed by atoms with E-state index < -0.39 is 0 Å². The van der Waals surface area contributed by atoms with E-state index in [1.54, 1.807) is 11.1 Å². The van der Waals surface area contributed by atoms with E-state index in [1.165, 1.54) is 96.3 Å². The Morgan fingerprint density at radius 3 is 1.60 bits per heavy atom. The van der Waals surface area contributed by atoms with Gasteiger partial charge in [0, 0.05) is 5.92 Å². The van der Waals surface area contributed by atoms with Crippen LogP contribution in [0.4, 0.5) is 0 Å². The van der Waals surface area contributed by atoms with Crippen LogP contribution < -0.4 is 0 Å². The third kappa shape index (κ3) is 4.15. The molecule has 1 radical (unpaired) electrons. The van der Waals surface area contributed by atoms with E-state index in [2.05, 4.69) is 24.3 Å². The van der Waals surface area contributed by atoms with Gasteiger partial charge in [0.05, 0.1) is 0 Å². The molecule has 1 aromatic rings. The molecule has 25 heavy (non-hydrogen) atoms. The summed E-state index contributed by atoms with van der Waals surface area (Å²) in [6, 6.07) is 9.65. The SMILES string of the molecule is c1ccc(C2CCCCC2)c([C](C2CCCCC2)C2CCCCC2)c1. The summed E-state index contributed by atoms with van der Waals surface area (Å²) in [6.07, 6.45) is 21.9. The fourth-order valence-electron chi connectivity index (χ4n) is 6.13. The van der Waals surface area contributed by atoms with Gasteiger partial charge in [-0.15, -0.1) is 0 Å². The second kappa shape index (κ2) is 8.74. The lowest BCUT2D eigenvalue weighted by atomic mass is 9.65. The van der Waals surface area contributed by atoms with E-state index in [0.717, 1.165) is 17.8 Å². The van der Waals surface area contributed by atoms with Gasteiger partial charge in [-0.1, -0.05) is 82.1 Å². The average molecular weight is 338 g/mol. The molecule has 3 saturated carbocycles. The van der Waals surface area contributed by atoms with Gasteiger partial charge in [0.2, 0.25) is 0 Å². The van der Waals surface area contributed by atoms with Crippen molar-refractivity contribution in [1.29, 1.82) is 0 Å². The molecule has 0 bridgehead atoms. The molecule has 137 valence electrons. The van der Waals surface area contributed by atoms with E-state index in [9.17, 15) is 0 Å². The number of hydrogen-bond donors (Lipinski definition) is 0. The summed E-state index contributed by atoms with van der Waals surface area (Å²) in [7, 11) is 0. The van der Waals surface area contributed by atoms with Gasteiger partial charge in [-0.25, -0.2) is 0 Å². The Balaban J connectivity index is 1.65. The van der Waals surface area contributed by atoms with Crippen molar-refractivity contribution >= 4 is 0 Å². The minimum absolute atomic E-state index is 0.840. The van der Waals surface area contributed by atoms with Crippen LogP contribution >= 0.6 is 0 Å². The molecule has 0 unspecified atom stereocenters. The second-order valence-electron chi connectivity index (χ2n) is 9.05. The standard InChI is InChI=1S/C25H37/c1-4-12-20(13-5-1)23-18-10-11-19-24(23)25(21-14-6-2-7-15-21)22-16-8-3-9-17-22/h10-11,18-22H,1-9,12-17H2. The van der Waals surface area contributed by atoms with Crippen LogP contribution in [0, 0.1) is 17.8 Å². The molecule has 0 atom stereocenters. The van der Waals surface area contributed by atoms with Crippen molar-refractivity contribution in [3.8, 4) is 0 Å². The molecule has 0 saturated heterocycles. The number of benzene rings is 1. The van der Waals surface area contributed by atoms with E-state index in [4.69, 9.17) is 0 Å². The lowest BCUT2D eigenvalue weighted by molar-refractivity contribution is 0.287. The second-order valence-corrected chi connectivity index (χ2v) is 9.05.